The van der Waals surface area contributed by atoms with E-state index in [2.05, 4.69) is 73.6 Å². The summed E-state index contributed by atoms with van der Waals surface area (Å²) in [7, 11) is 1.66. The number of pyridine rings is 1. The molecular formula is C32H35N7O2. The molecule has 9 nitrogen and oxygen atoms in total. The molecule has 1 N–H and O–H groups in total. The van der Waals surface area contributed by atoms with Crippen LogP contribution >= 0.6 is 0 Å². The number of piperazine rings is 1. The molecule has 41 heavy (non-hydrogen) atoms. The fourth-order valence-corrected chi connectivity index (χ4v) is 5.85. The lowest BCUT2D eigenvalue weighted by Gasteiger charge is -2.38. The van der Waals surface area contributed by atoms with Crippen LogP contribution < -0.4 is 10.3 Å². The summed E-state index contributed by atoms with van der Waals surface area (Å²) in [5, 5.41) is 14.0. The van der Waals surface area contributed by atoms with Gasteiger partial charge >= 0.3 is 0 Å². The first-order valence-corrected chi connectivity index (χ1v) is 14.0. The van der Waals surface area contributed by atoms with Crippen LogP contribution in [0.2, 0.25) is 0 Å². The maximum atomic E-state index is 13.7. The summed E-state index contributed by atoms with van der Waals surface area (Å²) >= 11 is 0. The van der Waals surface area contributed by atoms with Crippen molar-refractivity contribution in [3.63, 3.8) is 0 Å². The third-order valence-electron chi connectivity index (χ3n) is 7.93. The van der Waals surface area contributed by atoms with Crippen molar-refractivity contribution >= 4 is 10.9 Å². The first-order valence-electron chi connectivity index (χ1n) is 14.0. The van der Waals surface area contributed by atoms with E-state index in [1.807, 2.05) is 48.0 Å². The molecule has 0 radical (unpaired) electrons. The van der Waals surface area contributed by atoms with Crippen LogP contribution in [0.1, 0.15) is 39.7 Å². The summed E-state index contributed by atoms with van der Waals surface area (Å²) in [4.78, 5) is 21.7. The van der Waals surface area contributed by atoms with Crippen LogP contribution in [-0.4, -0.2) is 68.3 Å². The lowest BCUT2D eigenvalue weighted by Crippen LogP contribution is -2.48. The Morgan fingerprint density at radius 2 is 1.63 bits per heavy atom. The number of benzene rings is 3. The molecule has 0 amide bonds. The van der Waals surface area contributed by atoms with E-state index in [1.165, 1.54) is 5.56 Å². The van der Waals surface area contributed by atoms with Crippen LogP contribution in [0.15, 0.2) is 77.6 Å². The van der Waals surface area contributed by atoms with Crippen molar-refractivity contribution < 1.29 is 4.74 Å². The molecule has 0 unspecified atom stereocenters. The highest BCUT2D eigenvalue weighted by molar-refractivity contribution is 5.83. The summed E-state index contributed by atoms with van der Waals surface area (Å²) in [5.74, 6) is 1.46. The Morgan fingerprint density at radius 3 is 2.37 bits per heavy atom. The van der Waals surface area contributed by atoms with Gasteiger partial charge in [0.15, 0.2) is 5.82 Å². The van der Waals surface area contributed by atoms with E-state index >= 15 is 0 Å². The molecule has 1 saturated heterocycles. The number of hydrogen-bond acceptors (Lipinski definition) is 7. The molecule has 0 spiro atoms. The summed E-state index contributed by atoms with van der Waals surface area (Å²) in [5.41, 5.74) is 5.98. The normalized spacial score (nSPS) is 15.3. The Kier molecular flexibility index (Phi) is 7.63. The molecule has 0 bridgehead atoms. The van der Waals surface area contributed by atoms with Gasteiger partial charge in [0.1, 0.15) is 11.8 Å². The Balaban J connectivity index is 1.36. The van der Waals surface area contributed by atoms with Crippen LogP contribution in [0, 0.1) is 13.8 Å². The average Bonchev–Trinajstić information content (AvgIpc) is 3.43. The van der Waals surface area contributed by atoms with Gasteiger partial charge in [-0.1, -0.05) is 54.1 Å². The minimum atomic E-state index is -0.393. The predicted octanol–water partition coefficient (Wildman–Crippen LogP) is 4.10. The van der Waals surface area contributed by atoms with E-state index in [0.29, 0.717) is 17.9 Å². The molecule has 9 heteroatoms. The average molecular weight is 550 g/mol. The minimum Gasteiger partial charge on any atom is -0.497 e. The number of nitrogens with one attached hydrogen (secondary N) is 1. The lowest BCUT2D eigenvalue weighted by atomic mass is 10.00. The third-order valence-corrected chi connectivity index (χ3v) is 7.93. The van der Waals surface area contributed by atoms with Crippen molar-refractivity contribution in [2.24, 2.45) is 0 Å². The van der Waals surface area contributed by atoms with Crippen molar-refractivity contribution in [3.05, 3.63) is 117 Å². The number of ether oxygens (including phenoxy) is 1. The number of fused-ring (bicyclic) bond motifs is 1. The van der Waals surface area contributed by atoms with Gasteiger partial charge in [0, 0.05) is 38.3 Å². The van der Waals surface area contributed by atoms with E-state index in [-0.39, 0.29) is 5.56 Å². The highest BCUT2D eigenvalue weighted by Crippen LogP contribution is 2.29. The Hall–Kier alpha value is -4.34. The Bertz CT molecular complexity index is 1690. The first kappa shape index (κ1) is 26.9. The largest absolute Gasteiger partial charge is 0.497 e. The molecule has 0 aliphatic carbocycles. The molecule has 210 valence electrons. The van der Waals surface area contributed by atoms with Crippen LogP contribution in [0.4, 0.5) is 0 Å². The molecule has 3 aromatic carbocycles. The van der Waals surface area contributed by atoms with Gasteiger partial charge in [-0.15, -0.1) is 5.10 Å². The van der Waals surface area contributed by atoms with E-state index in [9.17, 15) is 4.79 Å². The Labute approximate surface area is 239 Å². The third kappa shape index (κ3) is 5.77. The molecule has 5 aromatic rings. The van der Waals surface area contributed by atoms with Gasteiger partial charge in [0.2, 0.25) is 0 Å². The minimum absolute atomic E-state index is 0.111. The van der Waals surface area contributed by atoms with Gasteiger partial charge in [-0.25, -0.2) is 4.68 Å². The zero-order valence-electron chi connectivity index (χ0n) is 23.7. The van der Waals surface area contributed by atoms with Gasteiger partial charge in [-0.05, 0) is 70.6 Å². The fraction of sp³-hybridized carbons (Fsp3) is 0.312. The number of methoxy groups -OCH3 is 1. The zero-order valence-corrected chi connectivity index (χ0v) is 23.7. The number of aromatic amines is 1. The number of aryl methyl sites for hydroxylation is 2. The molecule has 3 heterocycles. The van der Waals surface area contributed by atoms with Crippen LogP contribution in [0.25, 0.3) is 10.9 Å². The van der Waals surface area contributed by atoms with Gasteiger partial charge in [0.05, 0.1) is 19.2 Å². The van der Waals surface area contributed by atoms with Gasteiger partial charge in [0.25, 0.3) is 5.56 Å². The number of tetrazole rings is 1. The highest BCUT2D eigenvalue weighted by atomic mass is 16.5. The van der Waals surface area contributed by atoms with Crippen molar-refractivity contribution in [3.8, 4) is 5.75 Å². The monoisotopic (exact) mass is 549 g/mol. The molecular weight excluding hydrogens is 514 g/mol. The van der Waals surface area contributed by atoms with E-state index in [4.69, 9.17) is 4.74 Å². The van der Waals surface area contributed by atoms with Crippen LogP contribution in [-0.2, 0) is 13.1 Å². The number of aromatic nitrogens is 5. The molecule has 0 saturated carbocycles. The first-order chi connectivity index (χ1) is 20.0. The smallest absolute Gasteiger partial charge is 0.253 e. The summed E-state index contributed by atoms with van der Waals surface area (Å²) < 4.78 is 7.13. The summed E-state index contributed by atoms with van der Waals surface area (Å²) in [6, 6.07) is 24.3. The molecule has 6 rings (SSSR count). The van der Waals surface area contributed by atoms with Crippen LogP contribution in [0.3, 0.4) is 0 Å². The highest BCUT2D eigenvalue weighted by Gasteiger charge is 2.33. The SMILES string of the molecule is COc1ccc(Cn2nnnc2[C@@H](c2cc3cc(C)cc(C)c3[nH]c2=O)N2CCN(Cc3ccccc3)CC2)cc1. The second-order valence-corrected chi connectivity index (χ2v) is 10.8. The van der Waals surface area contributed by atoms with Gasteiger partial charge in [-0.2, -0.15) is 0 Å². The predicted molar refractivity (Wildman–Crippen MR) is 159 cm³/mol. The molecule has 1 aliphatic rings. The second kappa shape index (κ2) is 11.6. The molecule has 1 atom stereocenters. The lowest BCUT2D eigenvalue weighted by molar-refractivity contribution is 0.0998. The van der Waals surface area contributed by atoms with E-state index in [1.54, 1.807) is 7.11 Å². The number of rotatable bonds is 8. The van der Waals surface area contributed by atoms with Crippen molar-refractivity contribution in [2.45, 2.75) is 33.0 Å². The van der Waals surface area contributed by atoms with Crippen LogP contribution in [0.5, 0.6) is 5.75 Å². The fourth-order valence-electron chi connectivity index (χ4n) is 5.85. The van der Waals surface area contributed by atoms with Gasteiger partial charge < -0.3 is 9.72 Å². The number of nitrogens with zero attached hydrogens (tertiary/aromatic N) is 6. The summed E-state index contributed by atoms with van der Waals surface area (Å²) in [6.45, 7) is 8.85. The zero-order chi connectivity index (χ0) is 28.3. The van der Waals surface area contributed by atoms with E-state index in [0.717, 1.165) is 66.1 Å². The topological polar surface area (TPSA) is 92.2 Å². The van der Waals surface area contributed by atoms with Crippen molar-refractivity contribution in [1.29, 1.82) is 0 Å². The Morgan fingerprint density at radius 1 is 0.902 bits per heavy atom. The van der Waals surface area contributed by atoms with Crippen molar-refractivity contribution in [2.75, 3.05) is 33.3 Å². The molecule has 2 aromatic heterocycles. The quantitative estimate of drug-likeness (QED) is 0.312. The molecule has 1 fully saturated rings. The van der Waals surface area contributed by atoms with E-state index < -0.39 is 6.04 Å². The maximum absolute atomic E-state index is 13.7. The number of hydrogen-bond donors (Lipinski definition) is 1. The molecule has 1 aliphatic heterocycles. The second-order valence-electron chi connectivity index (χ2n) is 10.8. The standard InChI is InChI=1S/C32H35N7O2/c1-22-17-23(2)29-26(18-22)19-28(32(40)33-29)30(38-15-13-37(14-16-38)20-24-7-5-4-6-8-24)31-34-35-36-39(31)21-25-9-11-27(41-3)12-10-25/h4-12,17-19,30H,13-16,20-21H2,1-3H3,(H,33,40)/t30-/m1/s1. The maximum Gasteiger partial charge on any atom is 0.253 e. The number of H-pyrrole nitrogens is 1. The summed E-state index contributed by atoms with van der Waals surface area (Å²) in [6.07, 6.45) is 0. The van der Waals surface area contributed by atoms with Crippen molar-refractivity contribution in [1.82, 2.24) is 35.0 Å². The van der Waals surface area contributed by atoms with Gasteiger partial charge in [-0.3, -0.25) is 14.6 Å².